The van der Waals surface area contributed by atoms with Crippen molar-refractivity contribution in [3.63, 3.8) is 0 Å². The Morgan fingerprint density at radius 2 is 0.947 bits per heavy atom. The van der Waals surface area contributed by atoms with Crippen LogP contribution in [0.1, 0.15) is 102 Å². The molecule has 0 bridgehead atoms. The van der Waals surface area contributed by atoms with Crippen LogP contribution >= 0.6 is 0 Å². The highest BCUT2D eigenvalue weighted by molar-refractivity contribution is 5.71. The Hall–Kier alpha value is -3.02. The molecule has 0 aromatic heterocycles. The lowest BCUT2D eigenvalue weighted by Gasteiger charge is -2.11. The first-order chi connectivity index (χ1) is 18.6. The van der Waals surface area contributed by atoms with Gasteiger partial charge in [0.2, 0.25) is 0 Å². The number of carbonyl (C=O) groups excluding carboxylic acids is 2. The molecule has 0 atom stereocenters. The first kappa shape index (κ1) is 31.2. The summed E-state index contributed by atoms with van der Waals surface area (Å²) in [4.78, 5) is 24.4. The summed E-state index contributed by atoms with van der Waals surface area (Å²) in [5.74, 6) is 1.30. The van der Waals surface area contributed by atoms with E-state index >= 15 is 0 Å². The molecule has 0 spiro atoms. The van der Waals surface area contributed by atoms with Gasteiger partial charge in [0.1, 0.15) is 11.5 Å². The largest absolute Gasteiger partial charge is 0.412 e. The molecule has 0 radical (unpaired) electrons. The molecule has 0 saturated heterocycles. The zero-order chi connectivity index (χ0) is 27.3. The van der Waals surface area contributed by atoms with Gasteiger partial charge in [0, 0.05) is 13.1 Å². The van der Waals surface area contributed by atoms with E-state index in [0.717, 1.165) is 62.5 Å². The third-order valence-electron chi connectivity index (χ3n) is 6.59. The second-order valence-electron chi connectivity index (χ2n) is 9.88. The molecular formula is C32H48N2O4. The number of unbranched alkanes of at least 4 members (excludes halogenated alkanes) is 9. The zero-order valence-corrected chi connectivity index (χ0v) is 23.6. The standard InChI is InChI=1S/C32H48N2O4/c1-3-5-7-11-19-27-21-13-15-23-29(27)37-31(35)33-25-17-9-10-18-26-34-32(36)38-30-24-16-14-22-28(30)20-12-8-6-4-2/h13-16,21-24H,3-12,17-20,25-26H2,1-2H3,(H,33,35)(H,34,36). The van der Waals surface area contributed by atoms with E-state index in [4.69, 9.17) is 9.47 Å². The molecule has 2 aromatic carbocycles. The number of nitrogens with one attached hydrogen (secondary N) is 2. The first-order valence-electron chi connectivity index (χ1n) is 14.7. The highest BCUT2D eigenvalue weighted by atomic mass is 16.6. The molecule has 2 aromatic rings. The fraction of sp³-hybridized carbons (Fsp3) is 0.562. The highest BCUT2D eigenvalue weighted by Crippen LogP contribution is 2.22. The van der Waals surface area contributed by atoms with Crippen LogP contribution in [0.25, 0.3) is 0 Å². The van der Waals surface area contributed by atoms with Crippen LogP contribution in [0.3, 0.4) is 0 Å². The van der Waals surface area contributed by atoms with E-state index in [1.54, 1.807) is 0 Å². The van der Waals surface area contributed by atoms with Gasteiger partial charge in [0.15, 0.2) is 0 Å². The minimum Gasteiger partial charge on any atom is -0.410 e. The Balaban J connectivity index is 1.55. The Morgan fingerprint density at radius 1 is 0.553 bits per heavy atom. The number of para-hydroxylation sites is 2. The Morgan fingerprint density at radius 3 is 1.37 bits per heavy atom. The lowest BCUT2D eigenvalue weighted by atomic mass is 10.1. The van der Waals surface area contributed by atoms with Crippen molar-refractivity contribution < 1.29 is 19.1 Å². The average Bonchev–Trinajstić information content (AvgIpc) is 2.92. The molecule has 0 heterocycles. The van der Waals surface area contributed by atoms with Gasteiger partial charge in [-0.3, -0.25) is 0 Å². The molecule has 0 aliphatic rings. The topological polar surface area (TPSA) is 76.7 Å². The molecule has 2 amide bonds. The maximum atomic E-state index is 12.2. The SMILES string of the molecule is CCCCCCc1ccccc1OC(=O)NCCCCCCNC(=O)Oc1ccccc1CCCCCC. The average molecular weight is 525 g/mol. The number of amides is 2. The summed E-state index contributed by atoms with van der Waals surface area (Å²) >= 11 is 0. The van der Waals surface area contributed by atoms with Crippen molar-refractivity contribution in [2.24, 2.45) is 0 Å². The van der Waals surface area contributed by atoms with E-state index in [0.29, 0.717) is 24.6 Å². The van der Waals surface area contributed by atoms with Gasteiger partial charge in [-0.15, -0.1) is 0 Å². The summed E-state index contributed by atoms with van der Waals surface area (Å²) in [5, 5.41) is 5.69. The molecule has 0 saturated carbocycles. The zero-order valence-electron chi connectivity index (χ0n) is 23.6. The van der Waals surface area contributed by atoms with E-state index in [9.17, 15) is 9.59 Å². The van der Waals surface area contributed by atoms with Gasteiger partial charge < -0.3 is 20.1 Å². The van der Waals surface area contributed by atoms with E-state index < -0.39 is 12.2 Å². The molecule has 6 nitrogen and oxygen atoms in total. The van der Waals surface area contributed by atoms with E-state index in [1.165, 1.54) is 38.5 Å². The summed E-state index contributed by atoms with van der Waals surface area (Å²) in [6.45, 7) is 5.54. The summed E-state index contributed by atoms with van der Waals surface area (Å²) in [7, 11) is 0. The summed E-state index contributed by atoms with van der Waals surface area (Å²) in [6.07, 6.45) is 14.2. The first-order valence-corrected chi connectivity index (χ1v) is 14.7. The second-order valence-corrected chi connectivity index (χ2v) is 9.88. The molecule has 0 unspecified atom stereocenters. The van der Waals surface area contributed by atoms with Crippen LogP contribution in [-0.2, 0) is 12.8 Å². The molecule has 2 N–H and O–H groups in total. The third kappa shape index (κ3) is 13.5. The quantitative estimate of drug-likeness (QED) is 0.181. The van der Waals surface area contributed by atoms with Crippen molar-refractivity contribution in [1.29, 1.82) is 0 Å². The van der Waals surface area contributed by atoms with E-state index in [-0.39, 0.29) is 0 Å². The van der Waals surface area contributed by atoms with E-state index in [1.807, 2.05) is 48.5 Å². The van der Waals surface area contributed by atoms with Gasteiger partial charge >= 0.3 is 12.2 Å². The van der Waals surface area contributed by atoms with Crippen LogP contribution in [-0.4, -0.2) is 25.3 Å². The fourth-order valence-corrected chi connectivity index (χ4v) is 4.36. The normalized spacial score (nSPS) is 10.7. The van der Waals surface area contributed by atoms with Crippen molar-refractivity contribution in [3.8, 4) is 11.5 Å². The smallest absolute Gasteiger partial charge is 0.410 e. The molecule has 2 rings (SSSR count). The van der Waals surface area contributed by atoms with Crippen LogP contribution in [0, 0.1) is 0 Å². The number of rotatable bonds is 19. The number of carbonyl (C=O) groups is 2. The molecule has 6 heteroatoms. The van der Waals surface area contributed by atoms with Gasteiger partial charge in [-0.25, -0.2) is 9.59 Å². The maximum Gasteiger partial charge on any atom is 0.412 e. The molecule has 0 aliphatic heterocycles. The van der Waals surface area contributed by atoms with Crippen molar-refractivity contribution in [2.45, 2.75) is 104 Å². The number of ether oxygens (including phenoxy) is 2. The minimum atomic E-state index is -0.402. The van der Waals surface area contributed by atoms with Gasteiger partial charge in [0.05, 0.1) is 0 Å². The monoisotopic (exact) mass is 524 g/mol. The van der Waals surface area contributed by atoms with Crippen LogP contribution in [0.2, 0.25) is 0 Å². The van der Waals surface area contributed by atoms with Crippen LogP contribution in [0.15, 0.2) is 48.5 Å². The lowest BCUT2D eigenvalue weighted by molar-refractivity contribution is 0.198. The van der Waals surface area contributed by atoms with Gasteiger partial charge in [-0.2, -0.15) is 0 Å². The van der Waals surface area contributed by atoms with Crippen molar-refractivity contribution >= 4 is 12.2 Å². The lowest BCUT2D eigenvalue weighted by Crippen LogP contribution is -2.28. The van der Waals surface area contributed by atoms with Crippen LogP contribution in [0.4, 0.5) is 9.59 Å². The summed E-state index contributed by atoms with van der Waals surface area (Å²) in [5.41, 5.74) is 2.17. The predicted molar refractivity (Wildman–Crippen MR) is 155 cm³/mol. The van der Waals surface area contributed by atoms with Crippen molar-refractivity contribution in [3.05, 3.63) is 59.7 Å². The molecule has 0 fully saturated rings. The maximum absolute atomic E-state index is 12.2. The molecular weight excluding hydrogens is 476 g/mol. The minimum absolute atomic E-state index is 0.402. The number of hydrogen-bond donors (Lipinski definition) is 2. The number of benzene rings is 2. The number of aryl methyl sites for hydroxylation is 2. The second kappa shape index (κ2) is 20.0. The molecule has 38 heavy (non-hydrogen) atoms. The van der Waals surface area contributed by atoms with Crippen LogP contribution < -0.4 is 20.1 Å². The number of hydrogen-bond acceptors (Lipinski definition) is 4. The Bertz CT molecular complexity index is 856. The Labute approximate surface area is 229 Å². The Kier molecular flexibility index (Phi) is 16.4. The highest BCUT2D eigenvalue weighted by Gasteiger charge is 2.10. The fourth-order valence-electron chi connectivity index (χ4n) is 4.36. The van der Waals surface area contributed by atoms with Gasteiger partial charge in [0.25, 0.3) is 0 Å². The van der Waals surface area contributed by atoms with E-state index in [2.05, 4.69) is 24.5 Å². The van der Waals surface area contributed by atoms with Crippen molar-refractivity contribution in [2.75, 3.05) is 13.1 Å². The predicted octanol–water partition coefficient (Wildman–Crippen LogP) is 8.37. The molecule has 0 aliphatic carbocycles. The third-order valence-corrected chi connectivity index (χ3v) is 6.59. The van der Waals surface area contributed by atoms with Gasteiger partial charge in [-0.1, -0.05) is 102 Å². The van der Waals surface area contributed by atoms with Crippen LogP contribution in [0.5, 0.6) is 11.5 Å². The molecule has 210 valence electrons. The summed E-state index contributed by atoms with van der Waals surface area (Å²) < 4.78 is 11.1. The van der Waals surface area contributed by atoms with Crippen molar-refractivity contribution in [1.82, 2.24) is 10.6 Å². The summed E-state index contributed by atoms with van der Waals surface area (Å²) in [6, 6.07) is 15.6. The van der Waals surface area contributed by atoms with Gasteiger partial charge in [-0.05, 0) is 61.8 Å².